The number of hydrogen-bond acceptors (Lipinski definition) is 3. The molecule has 0 unspecified atom stereocenters. The van der Waals surface area contributed by atoms with E-state index in [9.17, 15) is 10.2 Å². The Morgan fingerprint density at radius 3 is 2.60 bits per heavy atom. The molecule has 0 saturated carbocycles. The predicted molar refractivity (Wildman–Crippen MR) is 57.1 cm³/mol. The van der Waals surface area contributed by atoms with Gasteiger partial charge in [0.15, 0.2) is 6.10 Å². The Balaban J connectivity index is 2.42. The molecule has 0 spiro atoms. The number of aliphatic hydroxyl groups excluding tert-OH is 1. The Bertz CT molecular complexity index is 384. The summed E-state index contributed by atoms with van der Waals surface area (Å²) < 4.78 is 5.48. The van der Waals surface area contributed by atoms with Gasteiger partial charge in [-0.25, -0.2) is 0 Å². The van der Waals surface area contributed by atoms with Crippen molar-refractivity contribution >= 4 is 11.6 Å². The lowest BCUT2D eigenvalue weighted by Gasteiger charge is -2.27. The number of aliphatic hydroxyl groups is 2. The first-order valence-corrected chi connectivity index (χ1v) is 5.14. The van der Waals surface area contributed by atoms with Crippen molar-refractivity contribution in [3.63, 3.8) is 0 Å². The second kappa shape index (κ2) is 3.37. The van der Waals surface area contributed by atoms with E-state index in [2.05, 4.69) is 0 Å². The molecule has 3 nitrogen and oxygen atoms in total. The zero-order chi connectivity index (χ0) is 11.2. The topological polar surface area (TPSA) is 49.7 Å². The van der Waals surface area contributed by atoms with Crippen LogP contribution in [0.4, 0.5) is 0 Å². The first-order valence-electron chi connectivity index (χ1n) is 4.77. The minimum atomic E-state index is -1.11. The van der Waals surface area contributed by atoms with E-state index in [0.29, 0.717) is 16.3 Å². The maximum atomic E-state index is 9.96. The summed E-state index contributed by atoms with van der Waals surface area (Å²) in [6.07, 6.45) is -1.51. The summed E-state index contributed by atoms with van der Waals surface area (Å²) in [5.41, 5.74) is -0.475. The highest BCUT2D eigenvalue weighted by Gasteiger charge is 2.43. The van der Waals surface area contributed by atoms with Gasteiger partial charge >= 0.3 is 0 Å². The molecule has 1 aromatic rings. The lowest BCUT2D eigenvalue weighted by Crippen LogP contribution is -2.41. The van der Waals surface area contributed by atoms with Crippen molar-refractivity contribution in [1.82, 2.24) is 0 Å². The fourth-order valence-corrected chi connectivity index (χ4v) is 1.99. The second-order valence-corrected chi connectivity index (χ2v) is 4.70. The van der Waals surface area contributed by atoms with Gasteiger partial charge in [0.1, 0.15) is 11.9 Å². The highest BCUT2D eigenvalue weighted by atomic mass is 35.5. The van der Waals surface area contributed by atoms with Crippen molar-refractivity contribution in [3.05, 3.63) is 28.8 Å². The summed E-state index contributed by atoms with van der Waals surface area (Å²) in [6.45, 7) is 3.20. The number of halogens is 1. The van der Waals surface area contributed by atoms with Crippen LogP contribution in [-0.2, 0) is 0 Å². The van der Waals surface area contributed by atoms with E-state index in [-0.39, 0.29) is 0 Å². The van der Waals surface area contributed by atoms with E-state index in [1.807, 2.05) is 0 Å². The maximum Gasteiger partial charge on any atom is 0.157 e. The summed E-state index contributed by atoms with van der Waals surface area (Å²) in [4.78, 5) is 0. The molecular weight excluding hydrogens is 216 g/mol. The van der Waals surface area contributed by atoms with Gasteiger partial charge in [-0.2, -0.15) is 0 Å². The van der Waals surface area contributed by atoms with Crippen LogP contribution in [-0.4, -0.2) is 21.9 Å². The smallest absolute Gasteiger partial charge is 0.157 e. The van der Waals surface area contributed by atoms with Gasteiger partial charge in [-0.1, -0.05) is 23.7 Å². The van der Waals surface area contributed by atoms with Crippen LogP contribution < -0.4 is 4.74 Å². The van der Waals surface area contributed by atoms with Crippen LogP contribution in [0.3, 0.4) is 0 Å². The molecule has 0 amide bonds. The van der Waals surface area contributed by atoms with Crippen LogP contribution in [0.2, 0.25) is 5.02 Å². The van der Waals surface area contributed by atoms with E-state index in [0.717, 1.165) is 0 Å². The summed E-state index contributed by atoms with van der Waals surface area (Å²) in [7, 11) is 0. The maximum absolute atomic E-state index is 9.96. The van der Waals surface area contributed by atoms with E-state index >= 15 is 0 Å². The Morgan fingerprint density at radius 1 is 1.40 bits per heavy atom. The standard InChI is InChI=1S/C11H13ClO3/c1-11(2,14)10-8(13)6-4-3-5-7(12)9(6)15-10/h3-5,8,10,13-14H,1-2H3/t8-,10+/m0/s1. The molecule has 1 heterocycles. The molecule has 0 saturated heterocycles. The highest BCUT2D eigenvalue weighted by Crippen LogP contribution is 2.44. The molecule has 1 aliphatic rings. The van der Waals surface area contributed by atoms with Crippen LogP contribution in [0.15, 0.2) is 18.2 Å². The normalized spacial score (nSPS) is 24.9. The molecule has 15 heavy (non-hydrogen) atoms. The SMILES string of the molecule is CC(C)(O)[C@@H]1Oc2c(Cl)cccc2[C@@H]1O. The first-order chi connectivity index (χ1) is 6.91. The van der Waals surface area contributed by atoms with Gasteiger partial charge in [0, 0.05) is 5.56 Å². The fourth-order valence-electron chi connectivity index (χ4n) is 1.77. The lowest BCUT2D eigenvalue weighted by molar-refractivity contribution is -0.0762. The van der Waals surface area contributed by atoms with Crippen LogP contribution in [0, 0.1) is 0 Å². The third-order valence-corrected chi connectivity index (χ3v) is 2.84. The summed E-state index contributed by atoms with van der Waals surface area (Å²) in [5.74, 6) is 0.471. The number of benzene rings is 1. The quantitative estimate of drug-likeness (QED) is 0.772. The van der Waals surface area contributed by atoms with Crippen LogP contribution in [0.5, 0.6) is 5.75 Å². The van der Waals surface area contributed by atoms with Gasteiger partial charge in [-0.15, -0.1) is 0 Å². The molecule has 2 atom stereocenters. The Hall–Kier alpha value is -0.770. The van der Waals surface area contributed by atoms with Crippen molar-refractivity contribution in [2.45, 2.75) is 31.7 Å². The molecule has 1 aliphatic heterocycles. The molecule has 0 aliphatic carbocycles. The molecule has 0 radical (unpaired) electrons. The van der Waals surface area contributed by atoms with Gasteiger partial charge in [0.05, 0.1) is 10.6 Å². The fraction of sp³-hybridized carbons (Fsp3) is 0.455. The average molecular weight is 229 g/mol. The molecule has 2 rings (SSSR count). The molecule has 0 aromatic heterocycles. The predicted octanol–water partition coefficient (Wildman–Crippen LogP) is 1.91. The minimum Gasteiger partial charge on any atom is -0.482 e. The van der Waals surface area contributed by atoms with Crippen molar-refractivity contribution in [1.29, 1.82) is 0 Å². The number of ether oxygens (including phenoxy) is 1. The Kier molecular flexibility index (Phi) is 2.41. The zero-order valence-electron chi connectivity index (χ0n) is 8.57. The Morgan fingerprint density at radius 2 is 2.07 bits per heavy atom. The number of rotatable bonds is 1. The third-order valence-electron chi connectivity index (χ3n) is 2.54. The summed E-state index contributed by atoms with van der Waals surface area (Å²) in [5, 5.41) is 20.2. The highest BCUT2D eigenvalue weighted by molar-refractivity contribution is 6.32. The van der Waals surface area contributed by atoms with Crippen molar-refractivity contribution in [2.24, 2.45) is 0 Å². The van der Waals surface area contributed by atoms with Gasteiger partial charge in [-0.05, 0) is 19.9 Å². The monoisotopic (exact) mass is 228 g/mol. The summed E-state index contributed by atoms with van der Waals surface area (Å²) in [6, 6.07) is 5.19. The van der Waals surface area contributed by atoms with Crippen LogP contribution in [0.25, 0.3) is 0 Å². The van der Waals surface area contributed by atoms with Crippen LogP contribution in [0.1, 0.15) is 25.5 Å². The third kappa shape index (κ3) is 1.71. The van der Waals surface area contributed by atoms with E-state index < -0.39 is 17.8 Å². The van der Waals surface area contributed by atoms with Crippen molar-refractivity contribution in [2.75, 3.05) is 0 Å². The number of para-hydroxylation sites is 1. The molecule has 4 heteroatoms. The van der Waals surface area contributed by atoms with E-state index in [1.54, 1.807) is 32.0 Å². The lowest BCUT2D eigenvalue weighted by atomic mass is 9.95. The van der Waals surface area contributed by atoms with Crippen LogP contribution >= 0.6 is 11.6 Å². The Labute approximate surface area is 93.3 Å². The number of hydrogen-bond donors (Lipinski definition) is 2. The van der Waals surface area contributed by atoms with Gasteiger partial charge in [0.25, 0.3) is 0 Å². The molecule has 82 valence electrons. The second-order valence-electron chi connectivity index (χ2n) is 4.30. The van der Waals surface area contributed by atoms with E-state index in [1.165, 1.54) is 0 Å². The first kappa shape index (κ1) is 10.7. The zero-order valence-corrected chi connectivity index (χ0v) is 9.32. The van der Waals surface area contributed by atoms with E-state index in [4.69, 9.17) is 16.3 Å². The van der Waals surface area contributed by atoms with Gasteiger partial charge in [0.2, 0.25) is 0 Å². The summed E-state index contributed by atoms with van der Waals surface area (Å²) >= 11 is 5.93. The molecule has 0 bridgehead atoms. The minimum absolute atomic E-state index is 0.457. The average Bonchev–Trinajstić information content (AvgIpc) is 2.45. The largest absolute Gasteiger partial charge is 0.482 e. The van der Waals surface area contributed by atoms with Crippen molar-refractivity contribution < 1.29 is 14.9 Å². The molecule has 0 fully saturated rings. The number of fused-ring (bicyclic) bond motifs is 1. The van der Waals surface area contributed by atoms with Crippen molar-refractivity contribution in [3.8, 4) is 5.75 Å². The van der Waals surface area contributed by atoms with Gasteiger partial charge < -0.3 is 14.9 Å². The molecular formula is C11H13ClO3. The molecule has 2 N–H and O–H groups in total. The molecule has 1 aromatic carbocycles. The van der Waals surface area contributed by atoms with Gasteiger partial charge in [-0.3, -0.25) is 0 Å².